The highest BCUT2D eigenvalue weighted by molar-refractivity contribution is 5.72. The summed E-state index contributed by atoms with van der Waals surface area (Å²) in [5, 5.41) is 8.36. The van der Waals surface area contributed by atoms with Gasteiger partial charge in [-0.05, 0) is 6.07 Å². The molecule has 0 atom stereocenters. The van der Waals surface area contributed by atoms with E-state index in [1.807, 2.05) is 0 Å². The third-order valence-electron chi connectivity index (χ3n) is 1.12. The summed E-state index contributed by atoms with van der Waals surface area (Å²) in [6, 6.07) is 4.21. The summed E-state index contributed by atoms with van der Waals surface area (Å²) >= 11 is 0. The SMILES string of the molecule is N#Cc1cc(C=O)[nH]c(=O)c1. The fraction of sp³-hybridized carbons (Fsp3) is 0. The molecule has 1 N–H and O–H groups in total. The third-order valence-corrected chi connectivity index (χ3v) is 1.12. The first kappa shape index (κ1) is 7.22. The van der Waals surface area contributed by atoms with Crippen molar-refractivity contribution in [3.05, 3.63) is 33.7 Å². The molecule has 11 heavy (non-hydrogen) atoms. The Morgan fingerprint density at radius 3 is 2.82 bits per heavy atom. The Hall–Kier alpha value is -1.89. The minimum absolute atomic E-state index is 0.119. The zero-order valence-electron chi connectivity index (χ0n) is 5.50. The molecule has 0 aliphatic rings. The number of nitrogens with one attached hydrogen (secondary N) is 1. The van der Waals surface area contributed by atoms with Crippen LogP contribution in [0.5, 0.6) is 0 Å². The zero-order valence-corrected chi connectivity index (χ0v) is 5.50. The van der Waals surface area contributed by atoms with Gasteiger partial charge in [-0.1, -0.05) is 0 Å². The maximum Gasteiger partial charge on any atom is 0.249 e. The summed E-state index contributed by atoms with van der Waals surface area (Å²) in [4.78, 5) is 23.1. The van der Waals surface area contributed by atoms with Gasteiger partial charge >= 0.3 is 0 Å². The van der Waals surface area contributed by atoms with E-state index in [2.05, 4.69) is 4.98 Å². The van der Waals surface area contributed by atoms with Crippen molar-refractivity contribution in [3.63, 3.8) is 0 Å². The van der Waals surface area contributed by atoms with Crippen molar-refractivity contribution < 1.29 is 4.79 Å². The van der Waals surface area contributed by atoms with Gasteiger partial charge in [-0.25, -0.2) is 0 Å². The summed E-state index contributed by atoms with van der Waals surface area (Å²) in [7, 11) is 0. The van der Waals surface area contributed by atoms with Crippen LogP contribution in [0.2, 0.25) is 0 Å². The van der Waals surface area contributed by atoms with Crippen LogP contribution in [0.25, 0.3) is 0 Å². The normalized spacial score (nSPS) is 8.64. The molecule has 1 aromatic heterocycles. The molecule has 1 aromatic rings. The fourth-order valence-corrected chi connectivity index (χ4v) is 0.693. The molecule has 0 aliphatic heterocycles. The highest BCUT2D eigenvalue weighted by Gasteiger charge is 1.95. The second-order valence-corrected chi connectivity index (χ2v) is 1.92. The van der Waals surface area contributed by atoms with Gasteiger partial charge in [-0.2, -0.15) is 5.26 Å². The topological polar surface area (TPSA) is 73.7 Å². The molecule has 0 saturated carbocycles. The lowest BCUT2D eigenvalue weighted by Gasteiger charge is -1.89. The van der Waals surface area contributed by atoms with E-state index in [1.165, 1.54) is 6.07 Å². The standard InChI is InChI=1S/C7H4N2O2/c8-3-5-1-6(4-10)9-7(11)2-5/h1-2,4H,(H,9,11). The number of aldehydes is 1. The molecule has 0 amide bonds. The van der Waals surface area contributed by atoms with E-state index in [4.69, 9.17) is 5.26 Å². The quantitative estimate of drug-likeness (QED) is 0.572. The average molecular weight is 148 g/mol. The lowest BCUT2D eigenvalue weighted by molar-refractivity contribution is 0.111. The molecule has 0 fully saturated rings. The van der Waals surface area contributed by atoms with Crippen LogP contribution in [-0.4, -0.2) is 11.3 Å². The van der Waals surface area contributed by atoms with Crippen LogP contribution in [0, 0.1) is 11.3 Å². The van der Waals surface area contributed by atoms with Gasteiger partial charge in [0.05, 0.1) is 17.3 Å². The number of hydrogen-bond acceptors (Lipinski definition) is 3. The van der Waals surface area contributed by atoms with Gasteiger partial charge in [0.1, 0.15) is 0 Å². The molecule has 0 spiro atoms. The third kappa shape index (κ3) is 1.52. The molecule has 4 heteroatoms. The minimum atomic E-state index is -0.439. The van der Waals surface area contributed by atoms with Crippen LogP contribution in [0.3, 0.4) is 0 Å². The monoisotopic (exact) mass is 148 g/mol. The molecule has 1 heterocycles. The summed E-state index contributed by atoms with van der Waals surface area (Å²) in [5.41, 5.74) is -0.129. The van der Waals surface area contributed by atoms with E-state index >= 15 is 0 Å². The largest absolute Gasteiger partial charge is 0.320 e. The van der Waals surface area contributed by atoms with E-state index in [0.29, 0.717) is 6.29 Å². The van der Waals surface area contributed by atoms with Crippen LogP contribution < -0.4 is 5.56 Å². The summed E-state index contributed by atoms with van der Waals surface area (Å²) in [5.74, 6) is 0. The van der Waals surface area contributed by atoms with Crippen molar-refractivity contribution in [3.8, 4) is 6.07 Å². The number of carbonyl (C=O) groups is 1. The lowest BCUT2D eigenvalue weighted by Crippen LogP contribution is -2.07. The second kappa shape index (κ2) is 2.80. The van der Waals surface area contributed by atoms with Crippen molar-refractivity contribution in [2.24, 2.45) is 0 Å². The smallest absolute Gasteiger partial charge is 0.249 e. The molecular formula is C7H4N2O2. The van der Waals surface area contributed by atoms with Gasteiger partial charge in [0.15, 0.2) is 6.29 Å². The Kier molecular flexibility index (Phi) is 1.83. The summed E-state index contributed by atoms with van der Waals surface area (Å²) < 4.78 is 0. The molecule has 0 unspecified atom stereocenters. The first-order valence-electron chi connectivity index (χ1n) is 2.86. The number of H-pyrrole nitrogens is 1. The van der Waals surface area contributed by atoms with Crippen molar-refractivity contribution in [2.75, 3.05) is 0 Å². The van der Waals surface area contributed by atoms with E-state index in [1.54, 1.807) is 6.07 Å². The Morgan fingerprint density at radius 1 is 1.55 bits per heavy atom. The number of aromatic amines is 1. The van der Waals surface area contributed by atoms with Crippen LogP contribution in [0.15, 0.2) is 16.9 Å². The number of rotatable bonds is 1. The molecular weight excluding hydrogens is 144 g/mol. The molecule has 0 bridgehead atoms. The minimum Gasteiger partial charge on any atom is -0.320 e. The van der Waals surface area contributed by atoms with E-state index in [-0.39, 0.29) is 11.3 Å². The molecule has 0 saturated heterocycles. The Labute approximate surface area is 62.1 Å². The fourth-order valence-electron chi connectivity index (χ4n) is 0.693. The van der Waals surface area contributed by atoms with E-state index in [9.17, 15) is 9.59 Å². The maximum atomic E-state index is 10.7. The van der Waals surface area contributed by atoms with Crippen molar-refractivity contribution in [2.45, 2.75) is 0 Å². The first-order chi connectivity index (χ1) is 5.26. The van der Waals surface area contributed by atoms with Gasteiger partial charge in [0.25, 0.3) is 0 Å². The maximum absolute atomic E-state index is 10.7. The number of aromatic nitrogens is 1. The first-order valence-corrected chi connectivity index (χ1v) is 2.86. The number of nitriles is 1. The van der Waals surface area contributed by atoms with Crippen molar-refractivity contribution >= 4 is 6.29 Å². The van der Waals surface area contributed by atoms with Crippen LogP contribution in [-0.2, 0) is 0 Å². The van der Waals surface area contributed by atoms with E-state index < -0.39 is 5.56 Å². The Bertz CT molecular complexity index is 373. The highest BCUT2D eigenvalue weighted by Crippen LogP contribution is 1.92. The Morgan fingerprint density at radius 2 is 2.27 bits per heavy atom. The van der Waals surface area contributed by atoms with Gasteiger partial charge in [-0.15, -0.1) is 0 Å². The lowest BCUT2D eigenvalue weighted by atomic mass is 10.2. The molecule has 54 valence electrons. The van der Waals surface area contributed by atoms with Gasteiger partial charge in [0.2, 0.25) is 5.56 Å². The Balaban J connectivity index is 3.37. The van der Waals surface area contributed by atoms with Crippen LogP contribution in [0.4, 0.5) is 0 Å². The number of nitrogens with zero attached hydrogens (tertiary/aromatic N) is 1. The number of pyridine rings is 1. The second-order valence-electron chi connectivity index (χ2n) is 1.92. The number of carbonyl (C=O) groups excluding carboxylic acids is 1. The van der Waals surface area contributed by atoms with E-state index in [0.717, 1.165) is 6.07 Å². The molecule has 0 aliphatic carbocycles. The zero-order chi connectivity index (χ0) is 8.27. The number of hydrogen-bond donors (Lipinski definition) is 1. The molecule has 0 aromatic carbocycles. The van der Waals surface area contributed by atoms with Gasteiger partial charge in [-0.3, -0.25) is 9.59 Å². The highest BCUT2D eigenvalue weighted by atomic mass is 16.1. The molecule has 1 rings (SSSR count). The van der Waals surface area contributed by atoms with Crippen LogP contribution in [0.1, 0.15) is 16.1 Å². The van der Waals surface area contributed by atoms with Crippen molar-refractivity contribution in [1.29, 1.82) is 5.26 Å². The summed E-state index contributed by atoms with van der Waals surface area (Å²) in [6.07, 6.45) is 0.488. The molecule has 0 radical (unpaired) electrons. The summed E-state index contributed by atoms with van der Waals surface area (Å²) in [6.45, 7) is 0. The predicted molar refractivity (Wildman–Crippen MR) is 37.2 cm³/mol. The average Bonchev–Trinajstić information content (AvgIpc) is 2.03. The van der Waals surface area contributed by atoms with Crippen molar-refractivity contribution in [1.82, 2.24) is 4.98 Å². The predicted octanol–water partition coefficient (Wildman–Crippen LogP) is 0.0591. The van der Waals surface area contributed by atoms with Gasteiger partial charge < -0.3 is 4.98 Å². The van der Waals surface area contributed by atoms with Crippen LogP contribution >= 0.6 is 0 Å². The van der Waals surface area contributed by atoms with Gasteiger partial charge in [0, 0.05) is 6.07 Å². The molecule has 4 nitrogen and oxygen atoms in total.